The smallest absolute Gasteiger partial charge is 0.330 e. The normalized spacial score (nSPS) is 13.4. The lowest BCUT2D eigenvalue weighted by atomic mass is 10.1. The van der Waals surface area contributed by atoms with Gasteiger partial charge in [-0.3, -0.25) is 9.59 Å². The van der Waals surface area contributed by atoms with E-state index < -0.39 is 5.97 Å². The minimum atomic E-state index is -0.490. The third-order valence-corrected chi connectivity index (χ3v) is 4.20. The molecule has 6 heteroatoms. The maximum Gasteiger partial charge on any atom is 0.330 e. The Morgan fingerprint density at radius 1 is 1.12 bits per heavy atom. The largest absolute Gasteiger partial charge is 0.463 e. The van der Waals surface area contributed by atoms with E-state index in [-0.39, 0.29) is 18.4 Å². The molecule has 2 amide bonds. The van der Waals surface area contributed by atoms with Crippen LogP contribution in [0.25, 0.3) is 6.08 Å². The molecule has 0 spiro atoms. The number of halogens is 1. The summed E-state index contributed by atoms with van der Waals surface area (Å²) in [6.45, 7) is 1.99. The van der Waals surface area contributed by atoms with Gasteiger partial charge in [0.05, 0.1) is 23.4 Å². The van der Waals surface area contributed by atoms with Gasteiger partial charge >= 0.3 is 5.97 Å². The molecule has 25 heavy (non-hydrogen) atoms. The Hall–Kier alpha value is -2.73. The van der Waals surface area contributed by atoms with Gasteiger partial charge in [-0.25, -0.2) is 9.69 Å². The van der Waals surface area contributed by atoms with E-state index in [4.69, 9.17) is 4.74 Å². The Labute approximate surface area is 153 Å². The number of esters is 1. The van der Waals surface area contributed by atoms with E-state index in [1.165, 1.54) is 12.2 Å². The molecule has 1 aliphatic heterocycles. The minimum absolute atomic E-state index is 0.271. The van der Waals surface area contributed by atoms with Gasteiger partial charge in [-0.05, 0) is 43.3 Å². The maximum atomic E-state index is 12.7. The standard InChI is InChI=1S/C19H14BrNO4/c1-2-25-17(22)10-7-12-11-13(20)8-9-16(12)21-18(23)14-5-3-4-6-15(14)19(21)24/h3-11H,2H2,1H3. The van der Waals surface area contributed by atoms with Gasteiger partial charge in [-0.1, -0.05) is 28.1 Å². The number of carbonyl (C=O) groups is 3. The highest BCUT2D eigenvalue weighted by Gasteiger charge is 2.37. The van der Waals surface area contributed by atoms with Gasteiger partial charge in [0.2, 0.25) is 0 Å². The number of anilines is 1. The number of benzene rings is 2. The predicted octanol–water partition coefficient (Wildman–Crippen LogP) is 3.83. The summed E-state index contributed by atoms with van der Waals surface area (Å²) in [4.78, 5) is 38.0. The van der Waals surface area contributed by atoms with Gasteiger partial charge in [-0.2, -0.15) is 0 Å². The van der Waals surface area contributed by atoms with Crippen molar-refractivity contribution in [2.24, 2.45) is 0 Å². The van der Waals surface area contributed by atoms with E-state index in [9.17, 15) is 14.4 Å². The lowest BCUT2D eigenvalue weighted by molar-refractivity contribution is -0.137. The third kappa shape index (κ3) is 3.25. The number of carbonyl (C=O) groups excluding carboxylic acids is 3. The van der Waals surface area contributed by atoms with Crippen LogP contribution in [-0.4, -0.2) is 24.4 Å². The highest BCUT2D eigenvalue weighted by Crippen LogP contribution is 2.32. The van der Waals surface area contributed by atoms with Crippen molar-refractivity contribution in [1.29, 1.82) is 0 Å². The maximum absolute atomic E-state index is 12.7. The SMILES string of the molecule is CCOC(=O)C=Cc1cc(Br)ccc1N1C(=O)c2ccccc2C1=O. The number of rotatable bonds is 4. The predicted molar refractivity (Wildman–Crippen MR) is 97.4 cm³/mol. The molecule has 1 aliphatic rings. The van der Waals surface area contributed by atoms with Gasteiger partial charge in [0.15, 0.2) is 0 Å². The molecule has 5 nitrogen and oxygen atoms in total. The Morgan fingerprint density at radius 2 is 1.76 bits per heavy atom. The van der Waals surface area contributed by atoms with Crippen molar-refractivity contribution in [1.82, 2.24) is 0 Å². The summed E-state index contributed by atoms with van der Waals surface area (Å²) in [6, 6.07) is 11.8. The Balaban J connectivity index is 2.03. The number of imide groups is 1. The molecule has 2 aromatic rings. The number of amides is 2. The summed E-state index contributed by atoms with van der Waals surface area (Å²) >= 11 is 3.36. The first kappa shape index (κ1) is 17.1. The second-order valence-corrected chi connectivity index (χ2v) is 6.20. The zero-order chi connectivity index (χ0) is 18.0. The van der Waals surface area contributed by atoms with Gasteiger partial charge in [0.1, 0.15) is 0 Å². The molecule has 0 radical (unpaired) electrons. The summed E-state index contributed by atoms with van der Waals surface area (Å²) in [6.07, 6.45) is 2.80. The lowest BCUT2D eigenvalue weighted by Crippen LogP contribution is -2.30. The number of nitrogens with zero attached hydrogens (tertiary/aromatic N) is 1. The molecule has 2 aromatic carbocycles. The fourth-order valence-electron chi connectivity index (χ4n) is 2.62. The zero-order valence-electron chi connectivity index (χ0n) is 13.4. The van der Waals surface area contributed by atoms with Gasteiger partial charge in [0.25, 0.3) is 11.8 Å². The fourth-order valence-corrected chi connectivity index (χ4v) is 3.00. The van der Waals surface area contributed by atoms with Crippen LogP contribution in [0.4, 0.5) is 5.69 Å². The molecule has 0 unspecified atom stereocenters. The van der Waals surface area contributed by atoms with Crippen LogP contribution < -0.4 is 4.90 Å². The summed E-state index contributed by atoms with van der Waals surface area (Å²) < 4.78 is 5.63. The van der Waals surface area contributed by atoms with E-state index in [0.29, 0.717) is 22.4 Å². The topological polar surface area (TPSA) is 63.7 Å². The Morgan fingerprint density at radius 3 is 2.36 bits per heavy atom. The molecule has 1 heterocycles. The summed E-state index contributed by atoms with van der Waals surface area (Å²) in [7, 11) is 0. The molecule has 0 bridgehead atoms. The van der Waals surface area contributed by atoms with Gasteiger partial charge in [-0.15, -0.1) is 0 Å². The molecule has 0 atom stereocenters. The first-order valence-corrected chi connectivity index (χ1v) is 8.44. The van der Waals surface area contributed by atoms with Crippen LogP contribution in [-0.2, 0) is 9.53 Å². The minimum Gasteiger partial charge on any atom is -0.463 e. The van der Waals surface area contributed by atoms with Gasteiger partial charge < -0.3 is 4.74 Å². The van der Waals surface area contributed by atoms with Crippen LogP contribution in [0.5, 0.6) is 0 Å². The molecule has 0 N–H and O–H groups in total. The van der Waals surface area contributed by atoms with E-state index in [1.54, 1.807) is 49.4 Å². The average Bonchev–Trinajstić information content (AvgIpc) is 2.85. The van der Waals surface area contributed by atoms with Crippen LogP contribution in [0, 0.1) is 0 Å². The van der Waals surface area contributed by atoms with Crippen molar-refractivity contribution in [2.75, 3.05) is 11.5 Å². The van der Waals surface area contributed by atoms with Crippen LogP contribution in [0.3, 0.4) is 0 Å². The summed E-state index contributed by atoms with van der Waals surface area (Å²) in [5, 5.41) is 0. The summed E-state index contributed by atoms with van der Waals surface area (Å²) in [5.41, 5.74) is 1.71. The van der Waals surface area contributed by atoms with Crippen molar-refractivity contribution in [3.63, 3.8) is 0 Å². The fraction of sp³-hybridized carbons (Fsp3) is 0.105. The molecule has 0 fully saturated rings. The monoisotopic (exact) mass is 399 g/mol. The number of fused-ring (bicyclic) bond motifs is 1. The Bertz CT molecular complexity index is 869. The van der Waals surface area contributed by atoms with Crippen molar-refractivity contribution < 1.29 is 19.1 Å². The van der Waals surface area contributed by atoms with Crippen LogP contribution in [0.1, 0.15) is 33.2 Å². The van der Waals surface area contributed by atoms with Crippen LogP contribution in [0.15, 0.2) is 53.0 Å². The quantitative estimate of drug-likeness (QED) is 0.445. The van der Waals surface area contributed by atoms with E-state index in [2.05, 4.69) is 15.9 Å². The van der Waals surface area contributed by atoms with Crippen molar-refractivity contribution in [3.05, 3.63) is 69.7 Å². The van der Waals surface area contributed by atoms with Crippen molar-refractivity contribution in [3.8, 4) is 0 Å². The highest BCUT2D eigenvalue weighted by atomic mass is 79.9. The first-order valence-electron chi connectivity index (χ1n) is 7.65. The molecule has 0 aliphatic carbocycles. The number of ether oxygens (including phenoxy) is 1. The molecule has 126 valence electrons. The molecule has 3 rings (SSSR count). The second kappa shape index (κ2) is 7.03. The van der Waals surface area contributed by atoms with Crippen molar-refractivity contribution >= 4 is 45.5 Å². The summed E-state index contributed by atoms with van der Waals surface area (Å²) in [5.74, 6) is -1.25. The van der Waals surface area contributed by atoms with Crippen LogP contribution >= 0.6 is 15.9 Å². The number of hydrogen-bond donors (Lipinski definition) is 0. The molecular weight excluding hydrogens is 386 g/mol. The average molecular weight is 400 g/mol. The Kier molecular flexibility index (Phi) is 4.81. The van der Waals surface area contributed by atoms with E-state index in [0.717, 1.165) is 9.37 Å². The zero-order valence-corrected chi connectivity index (χ0v) is 14.9. The highest BCUT2D eigenvalue weighted by molar-refractivity contribution is 9.10. The molecular formula is C19H14BrNO4. The van der Waals surface area contributed by atoms with Crippen molar-refractivity contribution in [2.45, 2.75) is 6.92 Å². The molecule has 0 saturated heterocycles. The lowest BCUT2D eigenvalue weighted by Gasteiger charge is -2.17. The molecule has 0 aromatic heterocycles. The first-order chi connectivity index (χ1) is 12.0. The third-order valence-electron chi connectivity index (χ3n) is 3.71. The van der Waals surface area contributed by atoms with Crippen LogP contribution in [0.2, 0.25) is 0 Å². The number of hydrogen-bond acceptors (Lipinski definition) is 4. The van der Waals surface area contributed by atoms with Gasteiger partial charge in [0, 0.05) is 16.1 Å². The molecule has 0 saturated carbocycles. The van der Waals surface area contributed by atoms with E-state index in [1.807, 2.05) is 0 Å². The van der Waals surface area contributed by atoms with E-state index >= 15 is 0 Å². The second-order valence-electron chi connectivity index (χ2n) is 5.28.